The Bertz CT molecular complexity index is 256. The zero-order chi connectivity index (χ0) is 8.48. The van der Waals surface area contributed by atoms with E-state index in [0.29, 0.717) is 0 Å². The fourth-order valence-electron chi connectivity index (χ4n) is 0.623. The van der Waals surface area contributed by atoms with E-state index in [4.69, 9.17) is 5.73 Å². The maximum absolute atomic E-state index is 12.5. The van der Waals surface area contributed by atoms with Crippen LogP contribution in [-0.4, -0.2) is 10.2 Å². The maximum atomic E-state index is 12.5. The average Bonchev–Trinajstić information content (AvgIpc) is 1.86. The van der Waals surface area contributed by atoms with Crippen LogP contribution in [0.25, 0.3) is 0 Å². The van der Waals surface area contributed by atoms with Gasteiger partial charge in [-0.2, -0.15) is 5.10 Å². The predicted molar refractivity (Wildman–Crippen MR) is 36.0 cm³/mol. The highest BCUT2D eigenvalue weighted by atomic mass is 19.3. The van der Waals surface area contributed by atoms with Crippen LogP contribution in [0.4, 0.5) is 14.6 Å². The van der Waals surface area contributed by atoms with Crippen LogP contribution in [0.15, 0.2) is 12.3 Å². The fourth-order valence-corrected chi connectivity index (χ4v) is 0.623. The molecule has 0 aliphatic carbocycles. The number of alkyl halides is 2. The molecule has 0 amide bonds. The van der Waals surface area contributed by atoms with Gasteiger partial charge < -0.3 is 5.73 Å². The van der Waals surface area contributed by atoms with Crippen molar-refractivity contribution in [3.05, 3.63) is 17.8 Å². The first-order valence-electron chi connectivity index (χ1n) is 2.96. The third-order valence-electron chi connectivity index (χ3n) is 1.18. The van der Waals surface area contributed by atoms with Crippen molar-refractivity contribution in [3.63, 3.8) is 0 Å². The van der Waals surface area contributed by atoms with E-state index in [0.717, 1.165) is 19.2 Å². The van der Waals surface area contributed by atoms with Crippen LogP contribution in [0.1, 0.15) is 12.5 Å². The zero-order valence-corrected chi connectivity index (χ0v) is 5.88. The molecule has 0 radical (unpaired) electrons. The number of nitrogens with zero attached hydrogens (tertiary/aromatic N) is 2. The Morgan fingerprint density at radius 2 is 2.18 bits per heavy atom. The van der Waals surface area contributed by atoms with Crippen molar-refractivity contribution in [3.8, 4) is 0 Å². The van der Waals surface area contributed by atoms with Gasteiger partial charge >= 0.3 is 0 Å². The molecule has 1 rings (SSSR count). The molecular weight excluding hydrogens is 152 g/mol. The van der Waals surface area contributed by atoms with Crippen LogP contribution in [0.2, 0.25) is 0 Å². The Kier molecular flexibility index (Phi) is 1.72. The minimum absolute atomic E-state index is 0.00373. The fraction of sp³-hybridized carbons (Fsp3) is 0.333. The van der Waals surface area contributed by atoms with E-state index in [1.807, 2.05) is 0 Å². The Hall–Kier alpha value is -1.26. The molecule has 3 nitrogen and oxygen atoms in total. The Balaban J connectivity index is 3.06. The molecule has 0 fully saturated rings. The lowest BCUT2D eigenvalue weighted by Gasteiger charge is -2.08. The molecule has 60 valence electrons. The molecule has 0 aromatic carbocycles. The van der Waals surface area contributed by atoms with Gasteiger partial charge in [-0.3, -0.25) is 0 Å². The van der Waals surface area contributed by atoms with E-state index >= 15 is 0 Å². The summed E-state index contributed by atoms with van der Waals surface area (Å²) in [6, 6.07) is 1.10. The van der Waals surface area contributed by atoms with Gasteiger partial charge in [-0.1, -0.05) is 0 Å². The molecule has 0 bridgehead atoms. The number of anilines is 1. The lowest BCUT2D eigenvalue weighted by Crippen LogP contribution is -2.08. The van der Waals surface area contributed by atoms with Gasteiger partial charge in [-0.05, 0) is 6.07 Å². The molecule has 0 spiro atoms. The van der Waals surface area contributed by atoms with Gasteiger partial charge in [-0.15, -0.1) is 5.10 Å². The Labute approximate surface area is 62.2 Å². The monoisotopic (exact) mass is 159 g/mol. The van der Waals surface area contributed by atoms with Gasteiger partial charge in [0.2, 0.25) is 0 Å². The molecule has 1 heterocycles. The number of halogens is 2. The maximum Gasteiger partial charge on any atom is 0.272 e. The SMILES string of the molecule is CC(F)(F)c1cnnc(N)c1. The summed E-state index contributed by atoms with van der Waals surface area (Å²) >= 11 is 0. The lowest BCUT2D eigenvalue weighted by molar-refractivity contribution is 0.0170. The summed E-state index contributed by atoms with van der Waals surface area (Å²) in [7, 11) is 0. The second kappa shape index (κ2) is 2.41. The van der Waals surface area contributed by atoms with Crippen molar-refractivity contribution in [2.45, 2.75) is 12.8 Å². The first-order valence-corrected chi connectivity index (χ1v) is 2.96. The van der Waals surface area contributed by atoms with Gasteiger partial charge in [0.05, 0.1) is 6.20 Å². The molecule has 1 aromatic heterocycles. The third kappa shape index (κ3) is 1.83. The second-order valence-corrected chi connectivity index (χ2v) is 2.26. The highest BCUT2D eigenvalue weighted by Crippen LogP contribution is 2.26. The summed E-state index contributed by atoms with van der Waals surface area (Å²) < 4.78 is 25.0. The van der Waals surface area contributed by atoms with Crippen LogP contribution in [-0.2, 0) is 5.92 Å². The largest absolute Gasteiger partial charge is 0.382 e. The molecule has 1 aromatic rings. The smallest absolute Gasteiger partial charge is 0.272 e. The number of hydrogen-bond donors (Lipinski definition) is 1. The standard InChI is InChI=1S/C6H7F2N3/c1-6(7,8)4-2-5(9)11-10-3-4/h2-3H,1H3,(H2,9,11). The van der Waals surface area contributed by atoms with E-state index in [1.54, 1.807) is 0 Å². The molecule has 11 heavy (non-hydrogen) atoms. The number of rotatable bonds is 1. The molecule has 2 N–H and O–H groups in total. The van der Waals surface area contributed by atoms with Crippen molar-refractivity contribution >= 4 is 5.82 Å². The topological polar surface area (TPSA) is 51.8 Å². The first-order chi connectivity index (χ1) is 5.00. The van der Waals surface area contributed by atoms with Crippen molar-refractivity contribution in [2.75, 3.05) is 5.73 Å². The second-order valence-electron chi connectivity index (χ2n) is 2.26. The molecule has 0 saturated heterocycles. The summed E-state index contributed by atoms with van der Waals surface area (Å²) in [6.07, 6.45) is 0.996. The third-order valence-corrected chi connectivity index (χ3v) is 1.18. The Morgan fingerprint density at radius 1 is 1.55 bits per heavy atom. The van der Waals surface area contributed by atoms with Crippen LogP contribution in [0.3, 0.4) is 0 Å². The minimum atomic E-state index is -2.90. The van der Waals surface area contributed by atoms with Gasteiger partial charge in [0.1, 0.15) is 5.82 Å². The molecule has 0 unspecified atom stereocenters. The van der Waals surface area contributed by atoms with Crippen LogP contribution < -0.4 is 5.73 Å². The molecule has 0 atom stereocenters. The predicted octanol–water partition coefficient (Wildman–Crippen LogP) is 1.17. The van der Waals surface area contributed by atoms with Crippen LogP contribution in [0, 0.1) is 0 Å². The quantitative estimate of drug-likeness (QED) is 0.669. The van der Waals surface area contributed by atoms with Gasteiger partial charge in [-0.25, -0.2) is 8.78 Å². The summed E-state index contributed by atoms with van der Waals surface area (Å²) in [5.74, 6) is -2.90. The van der Waals surface area contributed by atoms with Gasteiger partial charge in [0.25, 0.3) is 5.92 Å². The summed E-state index contributed by atoms with van der Waals surface area (Å²) in [6.45, 7) is 0.781. The van der Waals surface area contributed by atoms with Crippen LogP contribution >= 0.6 is 0 Å². The lowest BCUT2D eigenvalue weighted by atomic mass is 10.2. The van der Waals surface area contributed by atoms with Crippen LogP contribution in [0.5, 0.6) is 0 Å². The molecule has 5 heteroatoms. The number of nitrogens with two attached hydrogens (primary N) is 1. The molecule has 0 aliphatic rings. The number of nitrogen functional groups attached to an aromatic ring is 1. The Morgan fingerprint density at radius 3 is 2.55 bits per heavy atom. The van der Waals surface area contributed by atoms with E-state index in [1.165, 1.54) is 0 Å². The van der Waals surface area contributed by atoms with E-state index in [9.17, 15) is 8.78 Å². The zero-order valence-electron chi connectivity index (χ0n) is 5.88. The van der Waals surface area contributed by atoms with E-state index in [2.05, 4.69) is 10.2 Å². The summed E-state index contributed by atoms with van der Waals surface area (Å²) in [4.78, 5) is 0. The summed E-state index contributed by atoms with van der Waals surface area (Å²) in [5, 5.41) is 6.64. The van der Waals surface area contributed by atoms with E-state index in [-0.39, 0.29) is 11.4 Å². The normalized spacial score (nSPS) is 11.5. The van der Waals surface area contributed by atoms with Crippen molar-refractivity contribution in [1.29, 1.82) is 0 Å². The first kappa shape index (κ1) is 7.84. The average molecular weight is 159 g/mol. The molecule has 0 saturated carbocycles. The highest BCUT2D eigenvalue weighted by molar-refractivity contribution is 5.31. The van der Waals surface area contributed by atoms with Crippen molar-refractivity contribution in [1.82, 2.24) is 10.2 Å². The number of aromatic nitrogens is 2. The van der Waals surface area contributed by atoms with Gasteiger partial charge in [0.15, 0.2) is 0 Å². The van der Waals surface area contributed by atoms with Crippen molar-refractivity contribution in [2.24, 2.45) is 0 Å². The summed E-state index contributed by atoms with van der Waals surface area (Å²) in [5.41, 5.74) is 4.93. The minimum Gasteiger partial charge on any atom is -0.382 e. The van der Waals surface area contributed by atoms with Gasteiger partial charge in [0, 0.05) is 12.5 Å². The number of hydrogen-bond acceptors (Lipinski definition) is 3. The molecule has 0 aliphatic heterocycles. The van der Waals surface area contributed by atoms with Crippen molar-refractivity contribution < 1.29 is 8.78 Å². The highest BCUT2D eigenvalue weighted by Gasteiger charge is 2.24. The molecular formula is C6H7F2N3. The van der Waals surface area contributed by atoms with E-state index < -0.39 is 5.92 Å².